The van der Waals surface area contributed by atoms with Gasteiger partial charge in [0.05, 0.1) is 4.92 Å². The molecule has 5 heteroatoms. The number of pyridine rings is 1. The standard InChI is InChI=1S/C15H23N3O2/c1-14(2)7-11(8-15(3,4)10-14)17-13-6-5-12(9-16-13)18(19)20/h5-6,9,11H,7-8,10H2,1-4H3,(H,16,17). The van der Waals surface area contributed by atoms with Crippen LogP contribution in [0.3, 0.4) is 0 Å². The molecule has 1 aliphatic carbocycles. The monoisotopic (exact) mass is 277 g/mol. The number of rotatable bonds is 3. The summed E-state index contributed by atoms with van der Waals surface area (Å²) in [6.45, 7) is 9.19. The number of aromatic nitrogens is 1. The van der Waals surface area contributed by atoms with Gasteiger partial charge >= 0.3 is 0 Å². The fourth-order valence-electron chi connectivity index (χ4n) is 3.74. The van der Waals surface area contributed by atoms with E-state index in [0.717, 1.165) is 12.8 Å². The van der Waals surface area contributed by atoms with Gasteiger partial charge in [-0.1, -0.05) is 27.7 Å². The lowest BCUT2D eigenvalue weighted by Gasteiger charge is -2.45. The van der Waals surface area contributed by atoms with Crippen molar-refractivity contribution in [3.63, 3.8) is 0 Å². The topological polar surface area (TPSA) is 68.1 Å². The highest BCUT2D eigenvalue weighted by Gasteiger charge is 2.38. The molecule has 0 aromatic carbocycles. The van der Waals surface area contributed by atoms with E-state index in [-0.39, 0.29) is 5.69 Å². The lowest BCUT2D eigenvalue weighted by Crippen LogP contribution is -2.40. The van der Waals surface area contributed by atoms with Crippen LogP contribution in [-0.4, -0.2) is 15.9 Å². The number of nitrogens with one attached hydrogen (secondary N) is 1. The Morgan fingerprint density at radius 3 is 2.30 bits per heavy atom. The minimum Gasteiger partial charge on any atom is -0.367 e. The summed E-state index contributed by atoms with van der Waals surface area (Å²) in [5, 5.41) is 14.0. The lowest BCUT2D eigenvalue weighted by molar-refractivity contribution is -0.385. The van der Waals surface area contributed by atoms with Gasteiger partial charge < -0.3 is 5.32 Å². The summed E-state index contributed by atoms with van der Waals surface area (Å²) in [5.41, 5.74) is 0.639. The molecule has 0 unspecified atom stereocenters. The van der Waals surface area contributed by atoms with Crippen molar-refractivity contribution in [1.82, 2.24) is 4.98 Å². The van der Waals surface area contributed by atoms with Crippen molar-refractivity contribution in [2.24, 2.45) is 10.8 Å². The van der Waals surface area contributed by atoms with Crippen LogP contribution in [-0.2, 0) is 0 Å². The number of hydrogen-bond acceptors (Lipinski definition) is 4. The van der Waals surface area contributed by atoms with Crippen LogP contribution in [0.1, 0.15) is 47.0 Å². The maximum atomic E-state index is 10.6. The molecule has 1 heterocycles. The summed E-state index contributed by atoms with van der Waals surface area (Å²) in [5.74, 6) is 0.717. The van der Waals surface area contributed by atoms with Crippen LogP contribution in [0.25, 0.3) is 0 Å². The van der Waals surface area contributed by atoms with Crippen LogP contribution >= 0.6 is 0 Å². The maximum absolute atomic E-state index is 10.6. The average Bonchev–Trinajstić information content (AvgIpc) is 2.25. The molecule has 0 atom stereocenters. The van der Waals surface area contributed by atoms with Crippen molar-refractivity contribution >= 4 is 11.5 Å². The summed E-state index contributed by atoms with van der Waals surface area (Å²) >= 11 is 0. The van der Waals surface area contributed by atoms with Gasteiger partial charge in [-0.2, -0.15) is 0 Å². The van der Waals surface area contributed by atoms with Gasteiger partial charge in [0.25, 0.3) is 5.69 Å². The second-order valence-corrected chi connectivity index (χ2v) is 7.41. The first-order valence-corrected chi connectivity index (χ1v) is 7.04. The quantitative estimate of drug-likeness (QED) is 0.669. The third-order valence-electron chi connectivity index (χ3n) is 3.87. The van der Waals surface area contributed by atoms with Crippen LogP contribution in [0.4, 0.5) is 11.5 Å². The summed E-state index contributed by atoms with van der Waals surface area (Å²) in [4.78, 5) is 14.3. The molecule has 20 heavy (non-hydrogen) atoms. The van der Waals surface area contributed by atoms with Crippen LogP contribution in [0.15, 0.2) is 18.3 Å². The Kier molecular flexibility index (Phi) is 3.71. The smallest absolute Gasteiger partial charge is 0.287 e. The van der Waals surface area contributed by atoms with Crippen molar-refractivity contribution in [1.29, 1.82) is 0 Å². The van der Waals surface area contributed by atoms with Gasteiger partial charge in [-0.05, 0) is 36.2 Å². The number of hydrogen-bond donors (Lipinski definition) is 1. The highest BCUT2D eigenvalue weighted by molar-refractivity contribution is 5.41. The molecule has 0 spiro atoms. The Hall–Kier alpha value is -1.65. The van der Waals surface area contributed by atoms with Gasteiger partial charge in [0.15, 0.2) is 0 Å². The third kappa shape index (κ3) is 3.68. The maximum Gasteiger partial charge on any atom is 0.287 e. The first kappa shape index (κ1) is 14.8. The van der Waals surface area contributed by atoms with E-state index < -0.39 is 4.92 Å². The largest absolute Gasteiger partial charge is 0.367 e. The van der Waals surface area contributed by atoms with Crippen molar-refractivity contribution in [3.8, 4) is 0 Å². The van der Waals surface area contributed by atoms with Crippen LogP contribution in [0.2, 0.25) is 0 Å². The zero-order chi connectivity index (χ0) is 15.0. The Bertz CT molecular complexity index is 478. The van der Waals surface area contributed by atoms with Crippen molar-refractivity contribution in [2.75, 3.05) is 5.32 Å². The minimum atomic E-state index is -0.427. The number of anilines is 1. The van der Waals surface area contributed by atoms with Crippen molar-refractivity contribution in [3.05, 3.63) is 28.4 Å². The predicted molar refractivity (Wildman–Crippen MR) is 79.7 cm³/mol. The van der Waals surface area contributed by atoms with Crippen molar-refractivity contribution in [2.45, 2.75) is 53.0 Å². The first-order valence-electron chi connectivity index (χ1n) is 7.04. The molecule has 0 aliphatic heterocycles. The SMILES string of the molecule is CC1(C)CC(Nc2ccc([N+](=O)[O-])cn2)CC(C)(C)C1. The fraction of sp³-hybridized carbons (Fsp3) is 0.667. The molecule has 0 radical (unpaired) electrons. The first-order chi connectivity index (χ1) is 9.17. The molecule has 2 rings (SSSR count). The number of nitro groups is 1. The van der Waals surface area contributed by atoms with Gasteiger partial charge in [-0.3, -0.25) is 10.1 Å². The van der Waals surface area contributed by atoms with Gasteiger partial charge in [-0.25, -0.2) is 4.98 Å². The molecule has 1 N–H and O–H groups in total. The van der Waals surface area contributed by atoms with Gasteiger partial charge in [0.2, 0.25) is 0 Å². The normalized spacial score (nSPS) is 21.4. The van der Waals surface area contributed by atoms with Crippen LogP contribution in [0, 0.1) is 20.9 Å². The van der Waals surface area contributed by atoms with Crippen LogP contribution < -0.4 is 5.32 Å². The molecule has 0 bridgehead atoms. The Morgan fingerprint density at radius 1 is 1.25 bits per heavy atom. The zero-order valence-corrected chi connectivity index (χ0v) is 12.6. The predicted octanol–water partition coefficient (Wildman–Crippen LogP) is 4.01. The molecule has 110 valence electrons. The molecule has 1 aromatic rings. The van der Waals surface area contributed by atoms with E-state index in [1.54, 1.807) is 6.07 Å². The van der Waals surface area contributed by atoms with E-state index in [0.29, 0.717) is 22.7 Å². The number of nitrogens with zero attached hydrogens (tertiary/aromatic N) is 2. The molecule has 0 saturated heterocycles. The third-order valence-corrected chi connectivity index (χ3v) is 3.87. The highest BCUT2D eigenvalue weighted by atomic mass is 16.6. The summed E-state index contributed by atoms with van der Waals surface area (Å²) in [7, 11) is 0. The Morgan fingerprint density at radius 2 is 1.85 bits per heavy atom. The summed E-state index contributed by atoms with van der Waals surface area (Å²) in [6, 6.07) is 3.55. The highest BCUT2D eigenvalue weighted by Crippen LogP contribution is 2.46. The Balaban J connectivity index is 2.07. The fourth-order valence-corrected chi connectivity index (χ4v) is 3.74. The van der Waals surface area contributed by atoms with E-state index in [4.69, 9.17) is 0 Å². The summed E-state index contributed by atoms with van der Waals surface area (Å²) in [6.07, 6.45) is 4.71. The molecule has 1 saturated carbocycles. The second kappa shape index (κ2) is 5.04. The molecular formula is C15H23N3O2. The minimum absolute atomic E-state index is 0.0276. The van der Waals surface area contributed by atoms with Gasteiger partial charge in [0, 0.05) is 12.1 Å². The molecule has 5 nitrogen and oxygen atoms in total. The average molecular weight is 277 g/mol. The van der Waals surface area contributed by atoms with Crippen molar-refractivity contribution < 1.29 is 4.92 Å². The molecule has 1 aromatic heterocycles. The summed E-state index contributed by atoms with van der Waals surface area (Å²) < 4.78 is 0. The van der Waals surface area contributed by atoms with Gasteiger partial charge in [-0.15, -0.1) is 0 Å². The van der Waals surface area contributed by atoms with E-state index in [1.807, 2.05) is 0 Å². The lowest BCUT2D eigenvalue weighted by atomic mass is 9.63. The van der Waals surface area contributed by atoms with E-state index >= 15 is 0 Å². The van der Waals surface area contributed by atoms with Gasteiger partial charge in [0.1, 0.15) is 12.0 Å². The Labute approximate surface area is 119 Å². The van der Waals surface area contributed by atoms with E-state index in [9.17, 15) is 10.1 Å². The van der Waals surface area contributed by atoms with E-state index in [2.05, 4.69) is 38.0 Å². The zero-order valence-electron chi connectivity index (χ0n) is 12.6. The molecule has 1 aliphatic rings. The van der Waals surface area contributed by atoms with Crippen LogP contribution in [0.5, 0.6) is 0 Å². The van der Waals surface area contributed by atoms with E-state index in [1.165, 1.54) is 18.7 Å². The molecule has 1 fully saturated rings. The molecular weight excluding hydrogens is 254 g/mol. The second-order valence-electron chi connectivity index (χ2n) is 7.41. The molecule has 0 amide bonds.